The van der Waals surface area contributed by atoms with Gasteiger partial charge in [0.1, 0.15) is 0 Å². The van der Waals surface area contributed by atoms with E-state index in [4.69, 9.17) is 0 Å². The Morgan fingerprint density at radius 3 is 2.28 bits per heavy atom. The van der Waals surface area contributed by atoms with Crippen LogP contribution in [0.3, 0.4) is 0 Å². The molecule has 29 heavy (non-hydrogen) atoms. The van der Waals surface area contributed by atoms with Gasteiger partial charge in [0.25, 0.3) is 15.9 Å². The summed E-state index contributed by atoms with van der Waals surface area (Å²) < 4.78 is 53.3. The molecule has 8 heteroatoms. The van der Waals surface area contributed by atoms with Gasteiger partial charge in [0, 0.05) is 24.4 Å². The molecule has 3 aromatic rings. The Labute approximate surface area is 167 Å². The number of hydrogen-bond acceptors (Lipinski definition) is 3. The quantitative estimate of drug-likeness (QED) is 0.672. The van der Waals surface area contributed by atoms with Gasteiger partial charge in [-0.2, -0.15) is 0 Å². The van der Waals surface area contributed by atoms with Gasteiger partial charge in [-0.1, -0.05) is 23.8 Å². The van der Waals surface area contributed by atoms with Gasteiger partial charge in [-0.3, -0.25) is 9.10 Å². The van der Waals surface area contributed by atoms with Gasteiger partial charge in [0.2, 0.25) is 0 Å². The van der Waals surface area contributed by atoms with Gasteiger partial charge >= 0.3 is 0 Å². The summed E-state index contributed by atoms with van der Waals surface area (Å²) in [4.78, 5) is 12.4. The fraction of sp³-hybridized carbons (Fsp3) is 0.0952. The highest BCUT2D eigenvalue weighted by molar-refractivity contribution is 7.92. The zero-order chi connectivity index (χ0) is 21.2. The average Bonchev–Trinajstić information content (AvgIpc) is 2.71. The lowest BCUT2D eigenvalue weighted by Gasteiger charge is -2.20. The first kappa shape index (κ1) is 20.5. The number of carbonyl (C=O) groups excluding carboxylic acids is 1. The molecule has 3 rings (SSSR count). The van der Waals surface area contributed by atoms with Crippen molar-refractivity contribution in [2.75, 3.05) is 16.7 Å². The number of aryl methyl sites for hydroxylation is 1. The molecule has 0 radical (unpaired) electrons. The summed E-state index contributed by atoms with van der Waals surface area (Å²) in [6.45, 7) is 1.90. The number of halogens is 2. The van der Waals surface area contributed by atoms with Gasteiger partial charge in [0.15, 0.2) is 11.6 Å². The summed E-state index contributed by atoms with van der Waals surface area (Å²) in [6, 6.07) is 15.4. The maximum Gasteiger partial charge on any atom is 0.264 e. The predicted molar refractivity (Wildman–Crippen MR) is 108 cm³/mol. The van der Waals surface area contributed by atoms with Crippen LogP contribution in [0.1, 0.15) is 15.9 Å². The minimum Gasteiger partial charge on any atom is -0.322 e. The van der Waals surface area contributed by atoms with Crippen molar-refractivity contribution in [1.82, 2.24) is 0 Å². The number of nitrogens with one attached hydrogen (secondary N) is 1. The fourth-order valence-corrected chi connectivity index (χ4v) is 3.87. The average molecular weight is 416 g/mol. The summed E-state index contributed by atoms with van der Waals surface area (Å²) in [5.74, 6) is -2.78. The van der Waals surface area contributed by atoms with Crippen molar-refractivity contribution in [3.8, 4) is 0 Å². The van der Waals surface area contributed by atoms with Gasteiger partial charge in [0.05, 0.1) is 10.6 Å². The van der Waals surface area contributed by atoms with Crippen LogP contribution in [-0.2, 0) is 10.0 Å². The van der Waals surface area contributed by atoms with Crippen molar-refractivity contribution in [2.45, 2.75) is 11.8 Å². The number of sulfonamides is 1. The van der Waals surface area contributed by atoms with Crippen molar-refractivity contribution in [3.05, 3.63) is 89.5 Å². The van der Waals surface area contributed by atoms with Crippen molar-refractivity contribution >= 4 is 27.3 Å². The van der Waals surface area contributed by atoms with Crippen LogP contribution in [0.4, 0.5) is 20.2 Å². The third-order valence-electron chi connectivity index (χ3n) is 4.33. The number of anilines is 2. The lowest BCUT2D eigenvalue weighted by molar-refractivity contribution is 0.102. The Morgan fingerprint density at radius 2 is 1.62 bits per heavy atom. The maximum atomic E-state index is 13.3. The minimum atomic E-state index is -3.90. The molecule has 5 nitrogen and oxygen atoms in total. The molecular weight excluding hydrogens is 398 g/mol. The highest BCUT2D eigenvalue weighted by atomic mass is 32.2. The summed E-state index contributed by atoms with van der Waals surface area (Å²) in [7, 11) is -2.48. The van der Waals surface area contributed by atoms with E-state index in [0.29, 0.717) is 5.69 Å². The van der Waals surface area contributed by atoms with E-state index in [0.717, 1.165) is 22.0 Å². The molecule has 0 fully saturated rings. The highest BCUT2D eigenvalue weighted by Crippen LogP contribution is 2.23. The lowest BCUT2D eigenvalue weighted by Crippen LogP contribution is -2.26. The number of nitrogens with zero attached hydrogens (tertiary/aromatic N) is 1. The molecule has 0 aliphatic carbocycles. The van der Waals surface area contributed by atoms with Crippen LogP contribution in [0.15, 0.2) is 71.6 Å². The Kier molecular flexibility index (Phi) is 5.65. The largest absolute Gasteiger partial charge is 0.322 e. The van der Waals surface area contributed by atoms with Crippen molar-refractivity contribution in [3.63, 3.8) is 0 Å². The second kappa shape index (κ2) is 8.00. The summed E-state index contributed by atoms with van der Waals surface area (Å²) >= 11 is 0. The molecule has 150 valence electrons. The second-order valence-corrected chi connectivity index (χ2v) is 8.39. The molecule has 1 N–H and O–H groups in total. The molecule has 0 aliphatic heterocycles. The molecule has 1 amide bonds. The van der Waals surface area contributed by atoms with Gasteiger partial charge in [-0.25, -0.2) is 17.2 Å². The predicted octanol–water partition coefficient (Wildman–Crippen LogP) is 4.35. The molecular formula is C21H18F2N2O3S. The second-order valence-electron chi connectivity index (χ2n) is 6.42. The van der Waals surface area contributed by atoms with Crippen LogP contribution >= 0.6 is 0 Å². The van der Waals surface area contributed by atoms with Crippen LogP contribution in [0.25, 0.3) is 0 Å². The number of carbonyl (C=O) groups is 1. The molecule has 0 aliphatic rings. The van der Waals surface area contributed by atoms with Gasteiger partial charge in [-0.05, 0) is 49.4 Å². The Morgan fingerprint density at radius 1 is 0.931 bits per heavy atom. The molecule has 0 spiro atoms. The molecule has 0 heterocycles. The smallest absolute Gasteiger partial charge is 0.264 e. The Hall–Kier alpha value is -3.26. The zero-order valence-electron chi connectivity index (χ0n) is 15.7. The lowest BCUT2D eigenvalue weighted by atomic mass is 10.2. The molecule has 0 atom stereocenters. The summed E-state index contributed by atoms with van der Waals surface area (Å²) in [5.41, 5.74) is 1.59. The van der Waals surface area contributed by atoms with Crippen LogP contribution in [-0.4, -0.2) is 21.4 Å². The van der Waals surface area contributed by atoms with Crippen LogP contribution in [0.2, 0.25) is 0 Å². The third kappa shape index (κ3) is 4.43. The van der Waals surface area contributed by atoms with E-state index in [-0.39, 0.29) is 16.1 Å². The van der Waals surface area contributed by atoms with Crippen LogP contribution in [0, 0.1) is 18.6 Å². The Balaban J connectivity index is 1.86. The van der Waals surface area contributed by atoms with Crippen LogP contribution in [0.5, 0.6) is 0 Å². The normalized spacial score (nSPS) is 11.2. The first-order chi connectivity index (χ1) is 13.7. The maximum absolute atomic E-state index is 13.3. The van der Waals surface area contributed by atoms with E-state index in [1.165, 1.54) is 37.4 Å². The SMILES string of the molecule is Cc1ccc(N(C)S(=O)(=O)c2cccc(C(=O)Nc3ccc(F)c(F)c3)c2)cc1. The highest BCUT2D eigenvalue weighted by Gasteiger charge is 2.22. The minimum absolute atomic E-state index is 0.0546. The molecule has 0 bridgehead atoms. The van der Waals surface area contributed by atoms with Gasteiger partial charge in [-0.15, -0.1) is 0 Å². The van der Waals surface area contributed by atoms with E-state index in [1.54, 1.807) is 24.3 Å². The van der Waals surface area contributed by atoms with Crippen molar-refractivity contribution < 1.29 is 22.0 Å². The van der Waals surface area contributed by atoms with E-state index < -0.39 is 27.6 Å². The van der Waals surface area contributed by atoms with E-state index in [1.807, 2.05) is 6.92 Å². The van der Waals surface area contributed by atoms with Crippen molar-refractivity contribution in [1.29, 1.82) is 0 Å². The molecule has 0 unspecified atom stereocenters. The molecule has 0 aromatic heterocycles. The summed E-state index contributed by atoms with van der Waals surface area (Å²) in [6.07, 6.45) is 0. The fourth-order valence-electron chi connectivity index (χ4n) is 2.63. The molecule has 0 saturated carbocycles. The Bertz CT molecular complexity index is 1160. The number of amides is 1. The molecule has 3 aromatic carbocycles. The zero-order valence-corrected chi connectivity index (χ0v) is 16.5. The van der Waals surface area contributed by atoms with E-state index in [2.05, 4.69) is 5.32 Å². The topological polar surface area (TPSA) is 66.5 Å². The van der Waals surface area contributed by atoms with Crippen LogP contribution < -0.4 is 9.62 Å². The first-order valence-electron chi connectivity index (χ1n) is 8.60. The molecule has 0 saturated heterocycles. The number of benzene rings is 3. The third-order valence-corrected chi connectivity index (χ3v) is 6.11. The number of rotatable bonds is 5. The van der Waals surface area contributed by atoms with E-state index >= 15 is 0 Å². The monoisotopic (exact) mass is 416 g/mol. The van der Waals surface area contributed by atoms with E-state index in [9.17, 15) is 22.0 Å². The van der Waals surface area contributed by atoms with Gasteiger partial charge < -0.3 is 5.32 Å². The summed E-state index contributed by atoms with van der Waals surface area (Å²) in [5, 5.41) is 2.42. The number of hydrogen-bond donors (Lipinski definition) is 1. The standard InChI is InChI=1S/C21H18F2N2O3S/c1-14-6-9-17(10-7-14)25(2)29(27,28)18-5-3-4-15(12-18)21(26)24-16-8-11-19(22)20(23)13-16/h3-13H,1-2H3,(H,24,26). The first-order valence-corrected chi connectivity index (χ1v) is 10.0. The van der Waals surface area contributed by atoms with Crippen molar-refractivity contribution in [2.24, 2.45) is 0 Å².